The molecule has 0 radical (unpaired) electrons. The molecular weight excluding hydrogens is 296 g/mol. The zero-order valence-electron chi connectivity index (χ0n) is 14.7. The van der Waals surface area contributed by atoms with Crippen molar-refractivity contribution >= 4 is 5.78 Å². The minimum Gasteiger partial charge on any atom is -0.508 e. The Balaban J connectivity index is 1.53. The standard InChI is InChI=1S/C22H28O2/c1-21-11-8-17-16-7-5-15(23)12-14(16)4-6-18(17)19(21)13-22(20(21)24)9-2-3-10-22/h5,7,12,17-19,23H,2-4,6,8-11,13H2,1H3/t17-,18-,19+,21+/m0/s1. The van der Waals surface area contributed by atoms with Gasteiger partial charge in [-0.15, -0.1) is 0 Å². The largest absolute Gasteiger partial charge is 0.508 e. The van der Waals surface area contributed by atoms with Crippen LogP contribution < -0.4 is 0 Å². The van der Waals surface area contributed by atoms with Crippen molar-refractivity contribution in [2.45, 2.75) is 70.6 Å². The van der Waals surface area contributed by atoms with E-state index in [1.807, 2.05) is 12.1 Å². The lowest BCUT2D eigenvalue weighted by molar-refractivity contribution is -0.135. The summed E-state index contributed by atoms with van der Waals surface area (Å²) in [6.07, 6.45) is 10.5. The Morgan fingerprint density at radius 3 is 2.71 bits per heavy atom. The maximum Gasteiger partial charge on any atom is 0.145 e. The third-order valence-electron chi connectivity index (χ3n) is 8.27. The van der Waals surface area contributed by atoms with Crippen molar-refractivity contribution in [2.24, 2.45) is 22.7 Å². The average Bonchev–Trinajstić information content (AvgIpc) is 3.13. The van der Waals surface area contributed by atoms with Gasteiger partial charge in [0.15, 0.2) is 0 Å². The molecule has 1 aromatic rings. The molecule has 2 nitrogen and oxygen atoms in total. The van der Waals surface area contributed by atoms with Crippen LogP contribution >= 0.6 is 0 Å². The summed E-state index contributed by atoms with van der Waals surface area (Å²) in [4.78, 5) is 13.4. The van der Waals surface area contributed by atoms with Crippen molar-refractivity contribution in [1.82, 2.24) is 0 Å². The molecule has 2 heteroatoms. The summed E-state index contributed by atoms with van der Waals surface area (Å²) in [5.74, 6) is 2.89. The van der Waals surface area contributed by atoms with Crippen molar-refractivity contribution in [1.29, 1.82) is 0 Å². The minimum absolute atomic E-state index is 0.0452. The fraction of sp³-hybridized carbons (Fsp3) is 0.682. The van der Waals surface area contributed by atoms with Gasteiger partial charge in [-0.25, -0.2) is 0 Å². The molecule has 128 valence electrons. The highest BCUT2D eigenvalue weighted by Gasteiger charge is 2.63. The zero-order valence-corrected chi connectivity index (χ0v) is 14.7. The Morgan fingerprint density at radius 1 is 1.12 bits per heavy atom. The molecule has 1 aromatic carbocycles. The SMILES string of the molecule is C[C@@]12CC[C@H]3c4ccc(O)cc4CC[C@@H]3[C@H]1CC1(CCCC1)C2=O. The first-order chi connectivity index (χ1) is 11.5. The van der Waals surface area contributed by atoms with E-state index in [0.29, 0.717) is 29.3 Å². The molecule has 1 N–H and O–H groups in total. The number of carbonyl (C=O) groups is 1. The van der Waals surface area contributed by atoms with Crippen molar-refractivity contribution in [3.63, 3.8) is 0 Å². The highest BCUT2D eigenvalue weighted by molar-refractivity contribution is 5.93. The molecule has 0 amide bonds. The molecule has 4 aliphatic carbocycles. The van der Waals surface area contributed by atoms with E-state index in [4.69, 9.17) is 0 Å². The highest BCUT2D eigenvalue weighted by atomic mass is 16.3. The summed E-state index contributed by atoms with van der Waals surface area (Å²) < 4.78 is 0. The molecular formula is C22H28O2. The fourth-order valence-electron chi connectivity index (χ4n) is 7.15. The van der Waals surface area contributed by atoms with E-state index in [1.165, 1.54) is 30.4 Å². The van der Waals surface area contributed by atoms with Gasteiger partial charge in [0.1, 0.15) is 11.5 Å². The third kappa shape index (κ3) is 1.80. The number of hydrogen-bond donors (Lipinski definition) is 1. The van der Waals surface area contributed by atoms with E-state index in [2.05, 4.69) is 13.0 Å². The minimum atomic E-state index is -0.0556. The monoisotopic (exact) mass is 324 g/mol. The molecule has 0 heterocycles. The molecule has 3 saturated carbocycles. The molecule has 0 bridgehead atoms. The number of rotatable bonds is 0. The van der Waals surface area contributed by atoms with Crippen molar-refractivity contribution in [2.75, 3.05) is 0 Å². The van der Waals surface area contributed by atoms with Crippen molar-refractivity contribution in [3.05, 3.63) is 29.3 Å². The van der Waals surface area contributed by atoms with Gasteiger partial charge in [-0.1, -0.05) is 25.8 Å². The number of ketones is 1. The Morgan fingerprint density at radius 2 is 1.92 bits per heavy atom. The van der Waals surface area contributed by atoms with Crippen LogP contribution in [-0.2, 0) is 11.2 Å². The summed E-state index contributed by atoms with van der Waals surface area (Å²) >= 11 is 0. The summed E-state index contributed by atoms with van der Waals surface area (Å²) in [7, 11) is 0. The molecule has 0 aromatic heterocycles. The molecule has 1 spiro atoms. The average molecular weight is 324 g/mol. The van der Waals surface area contributed by atoms with Gasteiger partial charge in [0.05, 0.1) is 0 Å². The number of phenols is 1. The lowest BCUT2D eigenvalue weighted by Crippen LogP contribution is -2.43. The first kappa shape index (κ1) is 15.0. The smallest absolute Gasteiger partial charge is 0.145 e. The van der Waals surface area contributed by atoms with E-state index in [9.17, 15) is 9.90 Å². The van der Waals surface area contributed by atoms with E-state index < -0.39 is 0 Å². The van der Waals surface area contributed by atoms with Gasteiger partial charge < -0.3 is 5.11 Å². The van der Waals surface area contributed by atoms with Crippen LogP contribution in [0.4, 0.5) is 0 Å². The number of carbonyl (C=O) groups excluding carboxylic acids is 1. The quantitative estimate of drug-likeness (QED) is 0.730. The summed E-state index contributed by atoms with van der Waals surface area (Å²) in [6.45, 7) is 2.30. The molecule has 0 aliphatic heterocycles. The number of fused-ring (bicyclic) bond motifs is 5. The number of phenolic OH excluding ortho intramolecular Hbond substituents is 1. The lowest BCUT2D eigenvalue weighted by atomic mass is 9.55. The summed E-state index contributed by atoms with van der Waals surface area (Å²) in [5, 5.41) is 9.80. The first-order valence-corrected chi connectivity index (χ1v) is 9.90. The summed E-state index contributed by atoms with van der Waals surface area (Å²) in [5.41, 5.74) is 2.80. The van der Waals surface area contributed by atoms with Crippen LogP contribution in [0, 0.1) is 22.7 Å². The van der Waals surface area contributed by atoms with Gasteiger partial charge in [-0.2, -0.15) is 0 Å². The van der Waals surface area contributed by atoms with Crippen molar-refractivity contribution in [3.8, 4) is 5.75 Å². The fourth-order valence-corrected chi connectivity index (χ4v) is 7.15. The van der Waals surface area contributed by atoms with Crippen LogP contribution in [0.2, 0.25) is 0 Å². The van der Waals surface area contributed by atoms with Gasteiger partial charge >= 0.3 is 0 Å². The molecule has 0 unspecified atom stereocenters. The molecule has 4 aliphatic rings. The van der Waals surface area contributed by atoms with Crippen LogP contribution in [0.1, 0.15) is 75.3 Å². The maximum absolute atomic E-state index is 13.4. The summed E-state index contributed by atoms with van der Waals surface area (Å²) in [6, 6.07) is 5.98. The van der Waals surface area contributed by atoms with E-state index in [1.54, 1.807) is 0 Å². The van der Waals surface area contributed by atoms with E-state index >= 15 is 0 Å². The Bertz CT molecular complexity index is 700. The molecule has 0 saturated heterocycles. The Labute approximate surface area is 144 Å². The second-order valence-corrected chi connectivity index (χ2v) is 9.28. The molecule has 24 heavy (non-hydrogen) atoms. The van der Waals surface area contributed by atoms with Crippen molar-refractivity contribution < 1.29 is 9.90 Å². The first-order valence-electron chi connectivity index (χ1n) is 9.90. The molecule has 3 fully saturated rings. The number of benzene rings is 1. The highest BCUT2D eigenvalue weighted by Crippen LogP contribution is 2.66. The number of Topliss-reactive ketones (excluding diaryl/α,β-unsaturated/α-hetero) is 1. The molecule has 4 atom stereocenters. The van der Waals surface area contributed by atoms with E-state index in [0.717, 1.165) is 38.5 Å². The predicted octanol–water partition coefficient (Wildman–Crippen LogP) is 4.99. The second-order valence-electron chi connectivity index (χ2n) is 9.28. The van der Waals surface area contributed by atoms with Crippen LogP contribution in [0.3, 0.4) is 0 Å². The van der Waals surface area contributed by atoms with Gasteiger partial charge in [0.2, 0.25) is 0 Å². The van der Waals surface area contributed by atoms with Gasteiger partial charge in [-0.3, -0.25) is 4.79 Å². The normalized spacial score (nSPS) is 39.5. The predicted molar refractivity (Wildman–Crippen MR) is 94.0 cm³/mol. The van der Waals surface area contributed by atoms with E-state index in [-0.39, 0.29) is 10.8 Å². The lowest BCUT2D eigenvalue weighted by Gasteiger charge is -2.48. The molecule has 5 rings (SSSR count). The second kappa shape index (κ2) is 4.86. The maximum atomic E-state index is 13.4. The number of hydrogen-bond acceptors (Lipinski definition) is 2. The Hall–Kier alpha value is -1.31. The van der Waals surface area contributed by atoms with Gasteiger partial charge in [-0.05, 0) is 86.0 Å². The number of aromatic hydroxyl groups is 1. The van der Waals surface area contributed by atoms with Gasteiger partial charge in [0, 0.05) is 10.8 Å². The van der Waals surface area contributed by atoms with Crippen LogP contribution in [-0.4, -0.2) is 10.9 Å². The Kier molecular flexibility index (Phi) is 3.04. The van der Waals surface area contributed by atoms with Gasteiger partial charge in [0.25, 0.3) is 0 Å². The third-order valence-corrected chi connectivity index (χ3v) is 8.27. The van der Waals surface area contributed by atoms with Crippen LogP contribution in [0.15, 0.2) is 18.2 Å². The number of aryl methyl sites for hydroxylation is 1. The zero-order chi connectivity index (χ0) is 16.5. The van der Waals surface area contributed by atoms with Crippen LogP contribution in [0.25, 0.3) is 0 Å². The topological polar surface area (TPSA) is 37.3 Å². The van der Waals surface area contributed by atoms with Crippen LogP contribution in [0.5, 0.6) is 5.75 Å².